The van der Waals surface area contributed by atoms with Crippen molar-refractivity contribution in [2.75, 3.05) is 13.2 Å². The fourth-order valence-corrected chi connectivity index (χ4v) is 3.59. The van der Waals surface area contributed by atoms with Gasteiger partial charge in [0.1, 0.15) is 5.75 Å². The van der Waals surface area contributed by atoms with Crippen LogP contribution in [0, 0.1) is 0 Å². The predicted octanol–water partition coefficient (Wildman–Crippen LogP) is 3.13. The maximum Gasteiger partial charge on any atom is 0.125 e. The molecule has 2 aromatic rings. The van der Waals surface area contributed by atoms with E-state index in [1.165, 1.54) is 22.9 Å². The largest absolute Gasteiger partial charge is 0.493 e. The SMILES string of the molecule is CCNC(Cc1cc(Br)cc2c1OCC2)c1cnsn1. The number of nitrogens with one attached hydrogen (secondary N) is 1. The van der Waals surface area contributed by atoms with E-state index in [4.69, 9.17) is 4.74 Å². The average molecular weight is 354 g/mol. The number of hydrogen-bond acceptors (Lipinski definition) is 5. The summed E-state index contributed by atoms with van der Waals surface area (Å²) in [5.74, 6) is 1.05. The molecule has 0 spiro atoms. The Balaban J connectivity index is 1.89. The number of aromatic nitrogens is 2. The fourth-order valence-electron chi connectivity index (χ4n) is 2.57. The Hall–Kier alpha value is -0.980. The summed E-state index contributed by atoms with van der Waals surface area (Å²) < 4.78 is 15.4. The van der Waals surface area contributed by atoms with Crippen LogP contribution in [0.1, 0.15) is 29.8 Å². The summed E-state index contributed by atoms with van der Waals surface area (Å²) in [7, 11) is 0. The summed E-state index contributed by atoms with van der Waals surface area (Å²) in [4.78, 5) is 0. The highest BCUT2D eigenvalue weighted by Crippen LogP contribution is 2.35. The van der Waals surface area contributed by atoms with Crippen molar-refractivity contribution in [1.82, 2.24) is 14.1 Å². The molecule has 0 saturated carbocycles. The zero-order valence-corrected chi connectivity index (χ0v) is 13.6. The highest BCUT2D eigenvalue weighted by Gasteiger charge is 2.21. The van der Waals surface area contributed by atoms with Crippen molar-refractivity contribution in [1.29, 1.82) is 0 Å². The molecule has 1 aromatic carbocycles. The van der Waals surface area contributed by atoms with E-state index in [1.807, 2.05) is 6.20 Å². The first-order valence-corrected chi connectivity index (χ1v) is 8.25. The van der Waals surface area contributed by atoms with Crippen LogP contribution in [0.15, 0.2) is 22.8 Å². The minimum Gasteiger partial charge on any atom is -0.493 e. The van der Waals surface area contributed by atoms with Crippen molar-refractivity contribution in [3.63, 3.8) is 0 Å². The van der Waals surface area contributed by atoms with Crippen LogP contribution in [0.5, 0.6) is 5.75 Å². The van der Waals surface area contributed by atoms with Crippen molar-refractivity contribution < 1.29 is 4.74 Å². The molecule has 4 nitrogen and oxygen atoms in total. The van der Waals surface area contributed by atoms with Crippen LogP contribution in [0.3, 0.4) is 0 Å². The van der Waals surface area contributed by atoms with Gasteiger partial charge in [-0.2, -0.15) is 8.75 Å². The molecule has 0 radical (unpaired) electrons. The van der Waals surface area contributed by atoms with E-state index in [9.17, 15) is 0 Å². The number of hydrogen-bond donors (Lipinski definition) is 1. The molecule has 1 atom stereocenters. The summed E-state index contributed by atoms with van der Waals surface area (Å²) in [6.45, 7) is 3.79. The second-order valence-corrected chi connectivity index (χ2v) is 6.27. The minimum atomic E-state index is 0.182. The smallest absolute Gasteiger partial charge is 0.125 e. The van der Waals surface area contributed by atoms with Gasteiger partial charge in [-0.05, 0) is 36.2 Å². The van der Waals surface area contributed by atoms with Crippen LogP contribution in [0.2, 0.25) is 0 Å². The Kier molecular flexibility index (Phi) is 4.33. The molecule has 0 fully saturated rings. The highest BCUT2D eigenvalue weighted by atomic mass is 79.9. The first-order chi connectivity index (χ1) is 9.78. The first-order valence-electron chi connectivity index (χ1n) is 6.73. The van der Waals surface area contributed by atoms with Gasteiger partial charge in [0.25, 0.3) is 0 Å². The van der Waals surface area contributed by atoms with Gasteiger partial charge in [-0.3, -0.25) is 0 Å². The minimum absolute atomic E-state index is 0.182. The molecule has 6 heteroatoms. The van der Waals surface area contributed by atoms with E-state index in [0.29, 0.717) is 0 Å². The average Bonchev–Trinajstić information content (AvgIpc) is 3.08. The zero-order valence-electron chi connectivity index (χ0n) is 11.2. The van der Waals surface area contributed by atoms with E-state index in [2.05, 4.69) is 49.1 Å². The summed E-state index contributed by atoms with van der Waals surface area (Å²) in [5, 5.41) is 3.48. The zero-order chi connectivity index (χ0) is 13.9. The summed E-state index contributed by atoms with van der Waals surface area (Å²) in [6.07, 6.45) is 3.70. The lowest BCUT2D eigenvalue weighted by Crippen LogP contribution is -2.23. The van der Waals surface area contributed by atoms with E-state index in [-0.39, 0.29) is 6.04 Å². The highest BCUT2D eigenvalue weighted by molar-refractivity contribution is 9.10. The normalized spacial score (nSPS) is 14.9. The number of nitrogens with zero attached hydrogens (tertiary/aromatic N) is 2. The van der Waals surface area contributed by atoms with Crippen LogP contribution < -0.4 is 10.1 Å². The van der Waals surface area contributed by atoms with Crippen molar-refractivity contribution in [2.24, 2.45) is 0 Å². The first kappa shape index (κ1) is 14.0. The molecular formula is C14H16BrN3OS. The molecule has 0 amide bonds. The molecule has 0 saturated heterocycles. The molecule has 3 rings (SSSR count). The quantitative estimate of drug-likeness (QED) is 0.896. The summed E-state index contributed by atoms with van der Waals surface area (Å²) in [6, 6.07) is 4.48. The second-order valence-electron chi connectivity index (χ2n) is 4.80. The molecule has 1 aliphatic rings. The summed E-state index contributed by atoms with van der Waals surface area (Å²) in [5.41, 5.74) is 3.52. The number of likely N-dealkylation sites (N-methyl/N-ethyl adjacent to an activating group) is 1. The van der Waals surface area contributed by atoms with Gasteiger partial charge in [-0.25, -0.2) is 0 Å². The van der Waals surface area contributed by atoms with E-state index in [0.717, 1.165) is 41.9 Å². The lowest BCUT2D eigenvalue weighted by molar-refractivity contribution is 0.351. The molecule has 106 valence electrons. The molecule has 1 unspecified atom stereocenters. The predicted molar refractivity (Wildman–Crippen MR) is 83.4 cm³/mol. The van der Waals surface area contributed by atoms with Crippen molar-refractivity contribution in [3.8, 4) is 5.75 Å². The number of rotatable bonds is 5. The van der Waals surface area contributed by atoms with Gasteiger partial charge in [0.2, 0.25) is 0 Å². The van der Waals surface area contributed by atoms with Crippen LogP contribution >= 0.6 is 27.7 Å². The Morgan fingerprint density at radius 2 is 2.40 bits per heavy atom. The van der Waals surface area contributed by atoms with Crippen LogP contribution in [0.4, 0.5) is 0 Å². The van der Waals surface area contributed by atoms with Gasteiger partial charge in [0, 0.05) is 10.9 Å². The van der Waals surface area contributed by atoms with Gasteiger partial charge in [-0.1, -0.05) is 22.9 Å². The lowest BCUT2D eigenvalue weighted by Gasteiger charge is -2.17. The third-order valence-electron chi connectivity index (χ3n) is 3.44. The number of fused-ring (bicyclic) bond motifs is 1. The Morgan fingerprint density at radius 1 is 1.50 bits per heavy atom. The third kappa shape index (κ3) is 2.87. The lowest BCUT2D eigenvalue weighted by atomic mass is 10.00. The van der Waals surface area contributed by atoms with E-state index in [1.54, 1.807) is 0 Å². The van der Waals surface area contributed by atoms with Gasteiger partial charge in [0.05, 0.1) is 36.3 Å². The van der Waals surface area contributed by atoms with Crippen LogP contribution in [0.25, 0.3) is 0 Å². The van der Waals surface area contributed by atoms with Crippen molar-refractivity contribution in [3.05, 3.63) is 39.6 Å². The molecule has 0 bridgehead atoms. The van der Waals surface area contributed by atoms with Gasteiger partial charge in [-0.15, -0.1) is 0 Å². The number of benzene rings is 1. The van der Waals surface area contributed by atoms with Crippen molar-refractivity contribution >= 4 is 27.7 Å². The van der Waals surface area contributed by atoms with Gasteiger partial charge >= 0.3 is 0 Å². The van der Waals surface area contributed by atoms with Crippen LogP contribution in [-0.2, 0) is 12.8 Å². The standard InChI is InChI=1S/C14H16BrN3OS/c1-2-16-12(13-8-17-20-18-13)7-10-6-11(15)5-9-3-4-19-14(9)10/h5-6,8,12,16H,2-4,7H2,1H3. The second kappa shape index (κ2) is 6.20. The third-order valence-corrected chi connectivity index (χ3v) is 4.39. The Morgan fingerprint density at radius 3 is 3.15 bits per heavy atom. The Bertz CT molecular complexity index is 588. The van der Waals surface area contributed by atoms with Crippen LogP contribution in [-0.4, -0.2) is 21.9 Å². The van der Waals surface area contributed by atoms with Gasteiger partial charge < -0.3 is 10.1 Å². The fraction of sp³-hybridized carbons (Fsp3) is 0.429. The molecule has 20 heavy (non-hydrogen) atoms. The molecule has 0 aliphatic carbocycles. The van der Waals surface area contributed by atoms with Gasteiger partial charge in [0.15, 0.2) is 0 Å². The van der Waals surface area contributed by atoms with Crippen molar-refractivity contribution in [2.45, 2.75) is 25.8 Å². The topological polar surface area (TPSA) is 47.0 Å². The maximum atomic E-state index is 5.80. The number of ether oxygens (including phenoxy) is 1. The molecule has 1 N–H and O–H groups in total. The maximum absolute atomic E-state index is 5.80. The molecule has 2 heterocycles. The Labute approximate surface area is 131 Å². The molecule has 1 aliphatic heterocycles. The monoisotopic (exact) mass is 353 g/mol. The van der Waals surface area contributed by atoms with E-state index >= 15 is 0 Å². The number of halogens is 1. The summed E-state index contributed by atoms with van der Waals surface area (Å²) >= 11 is 4.84. The molecular weight excluding hydrogens is 338 g/mol. The van der Waals surface area contributed by atoms with E-state index < -0.39 is 0 Å². The molecule has 1 aromatic heterocycles.